The van der Waals surface area contributed by atoms with Crippen LogP contribution in [0.1, 0.15) is 0 Å². The Hall–Kier alpha value is 0.460. The third kappa shape index (κ3) is 4.93. The maximum atomic E-state index is 5.43. The number of piperazine rings is 1. The van der Waals surface area contributed by atoms with Gasteiger partial charge in [0.2, 0.25) is 0 Å². The second-order valence-electron chi connectivity index (χ2n) is 1.79. The van der Waals surface area contributed by atoms with Crippen LogP contribution in [0.15, 0.2) is 0 Å². The van der Waals surface area contributed by atoms with E-state index in [0.29, 0.717) is 0 Å². The number of hydrogen-bond donors (Lipinski definition) is 2. The van der Waals surface area contributed by atoms with Gasteiger partial charge in [-0.3, -0.25) is 5.84 Å². The molecule has 58 valence electrons. The minimum atomic E-state index is 0. The minimum absolute atomic E-state index is 0. The molecule has 0 aromatic rings. The van der Waals surface area contributed by atoms with Crippen molar-refractivity contribution >= 4 is 24.8 Å². The molecule has 5 heteroatoms. The molecule has 0 saturated carbocycles. The Labute approximate surface area is 67.8 Å². The Balaban J connectivity index is 0. The molecule has 0 amide bonds. The molecule has 0 aromatic heterocycles. The van der Waals surface area contributed by atoms with Crippen LogP contribution in [0, 0.1) is 0 Å². The van der Waals surface area contributed by atoms with Gasteiger partial charge in [0.25, 0.3) is 0 Å². The maximum absolute atomic E-state index is 5.43. The van der Waals surface area contributed by atoms with Crippen LogP contribution in [0.4, 0.5) is 0 Å². The number of nitrogens with zero attached hydrogens (tertiary/aromatic N) is 1. The topological polar surface area (TPSA) is 41.3 Å². The smallest absolute Gasteiger partial charge is 0.0254 e. The van der Waals surface area contributed by atoms with Crippen molar-refractivity contribution in [1.82, 2.24) is 10.3 Å². The summed E-state index contributed by atoms with van der Waals surface area (Å²) in [4.78, 5) is 0. The van der Waals surface area contributed by atoms with Crippen LogP contribution in [0.3, 0.4) is 0 Å². The number of halogens is 2. The maximum Gasteiger partial charge on any atom is 0.0254 e. The second-order valence-corrected chi connectivity index (χ2v) is 1.79. The van der Waals surface area contributed by atoms with Crippen molar-refractivity contribution in [1.29, 1.82) is 0 Å². The zero-order chi connectivity index (χ0) is 5.11. The predicted molar refractivity (Wildman–Crippen MR) is 43.1 cm³/mol. The average molecular weight is 174 g/mol. The van der Waals surface area contributed by atoms with Crippen molar-refractivity contribution in [2.75, 3.05) is 26.2 Å². The molecule has 1 aliphatic rings. The van der Waals surface area contributed by atoms with E-state index in [1.165, 1.54) is 0 Å². The highest BCUT2D eigenvalue weighted by atomic mass is 35.5. The summed E-state index contributed by atoms with van der Waals surface area (Å²) in [7, 11) is 0. The van der Waals surface area contributed by atoms with E-state index >= 15 is 0 Å². The zero-order valence-corrected chi connectivity index (χ0v) is 6.80. The van der Waals surface area contributed by atoms with E-state index < -0.39 is 0 Å². The average Bonchev–Trinajstić information content (AvgIpc) is 1.69. The van der Waals surface area contributed by atoms with Gasteiger partial charge in [0, 0.05) is 26.2 Å². The van der Waals surface area contributed by atoms with Gasteiger partial charge in [0.05, 0.1) is 0 Å². The fourth-order valence-electron chi connectivity index (χ4n) is 0.682. The summed E-state index contributed by atoms with van der Waals surface area (Å²) in [6.07, 6.45) is 0. The van der Waals surface area contributed by atoms with E-state index in [0.717, 1.165) is 26.2 Å². The molecule has 0 bridgehead atoms. The van der Waals surface area contributed by atoms with E-state index in [2.05, 4.69) is 5.32 Å². The summed E-state index contributed by atoms with van der Waals surface area (Å²) in [5.74, 6) is 5.43. The number of nitrogens with one attached hydrogen (secondary N) is 1. The van der Waals surface area contributed by atoms with Gasteiger partial charge in [0.15, 0.2) is 0 Å². The van der Waals surface area contributed by atoms with Crippen molar-refractivity contribution < 1.29 is 0 Å². The van der Waals surface area contributed by atoms with E-state index in [9.17, 15) is 0 Å². The van der Waals surface area contributed by atoms with Crippen molar-refractivity contribution in [3.63, 3.8) is 0 Å². The van der Waals surface area contributed by atoms with Gasteiger partial charge < -0.3 is 5.32 Å². The molecule has 0 aromatic carbocycles. The first-order valence-electron chi connectivity index (χ1n) is 2.60. The quantitative estimate of drug-likeness (QED) is 0.491. The molecular formula is C4H13Cl2N3. The summed E-state index contributed by atoms with van der Waals surface area (Å²) >= 11 is 0. The van der Waals surface area contributed by atoms with Crippen LogP contribution < -0.4 is 11.2 Å². The van der Waals surface area contributed by atoms with Gasteiger partial charge in [-0.05, 0) is 0 Å². The van der Waals surface area contributed by atoms with Gasteiger partial charge in [-0.2, -0.15) is 0 Å². The Morgan fingerprint density at radius 1 is 1.11 bits per heavy atom. The predicted octanol–water partition coefficient (Wildman–Crippen LogP) is -0.391. The molecule has 9 heavy (non-hydrogen) atoms. The highest BCUT2D eigenvalue weighted by Gasteiger charge is 2.01. The van der Waals surface area contributed by atoms with Crippen molar-refractivity contribution in [2.45, 2.75) is 0 Å². The summed E-state index contributed by atoms with van der Waals surface area (Å²) < 4.78 is 0. The Kier molecular flexibility index (Phi) is 8.89. The van der Waals surface area contributed by atoms with E-state index in [1.54, 1.807) is 0 Å². The first-order valence-corrected chi connectivity index (χ1v) is 2.60. The number of rotatable bonds is 0. The molecule has 0 spiro atoms. The van der Waals surface area contributed by atoms with E-state index in [4.69, 9.17) is 5.84 Å². The number of hydrazine groups is 1. The molecule has 1 heterocycles. The van der Waals surface area contributed by atoms with Crippen molar-refractivity contribution in [3.8, 4) is 0 Å². The highest BCUT2D eigenvalue weighted by molar-refractivity contribution is 5.85. The summed E-state index contributed by atoms with van der Waals surface area (Å²) in [6.45, 7) is 4.05. The summed E-state index contributed by atoms with van der Waals surface area (Å²) in [5, 5.41) is 5.02. The molecule has 3 nitrogen and oxygen atoms in total. The van der Waals surface area contributed by atoms with Crippen LogP contribution in [0.2, 0.25) is 0 Å². The monoisotopic (exact) mass is 173 g/mol. The van der Waals surface area contributed by atoms with Crippen molar-refractivity contribution in [3.05, 3.63) is 0 Å². The number of nitrogens with two attached hydrogens (primary N) is 1. The van der Waals surface area contributed by atoms with Gasteiger partial charge in [-0.25, -0.2) is 5.01 Å². The lowest BCUT2D eigenvalue weighted by atomic mass is 10.4. The molecule has 1 rings (SSSR count). The van der Waals surface area contributed by atoms with Crippen LogP contribution in [0.5, 0.6) is 0 Å². The molecule has 3 N–H and O–H groups in total. The Bertz CT molecular complexity index is 55.8. The molecular weight excluding hydrogens is 161 g/mol. The lowest BCUT2D eigenvalue weighted by molar-refractivity contribution is 0.248. The third-order valence-corrected chi connectivity index (χ3v) is 1.15. The summed E-state index contributed by atoms with van der Waals surface area (Å²) in [6, 6.07) is 0. The standard InChI is InChI=1S/C4H11N3.2ClH/c5-7-3-1-6-2-4-7;;/h6H,1-5H2;2*1H. The molecule has 0 radical (unpaired) electrons. The van der Waals surface area contributed by atoms with Gasteiger partial charge in [-0.15, -0.1) is 24.8 Å². The van der Waals surface area contributed by atoms with E-state index in [-0.39, 0.29) is 24.8 Å². The number of hydrogen-bond acceptors (Lipinski definition) is 3. The lowest BCUT2D eigenvalue weighted by Crippen LogP contribution is -2.47. The zero-order valence-electron chi connectivity index (χ0n) is 5.17. The molecule has 0 atom stereocenters. The fourth-order valence-corrected chi connectivity index (χ4v) is 0.682. The van der Waals surface area contributed by atoms with Gasteiger partial charge in [0.1, 0.15) is 0 Å². The van der Waals surface area contributed by atoms with Crippen LogP contribution in [-0.2, 0) is 0 Å². The second kappa shape index (κ2) is 6.58. The Morgan fingerprint density at radius 2 is 1.56 bits per heavy atom. The normalized spacial score (nSPS) is 19.7. The summed E-state index contributed by atoms with van der Waals surface area (Å²) in [5.41, 5.74) is 0. The van der Waals surface area contributed by atoms with E-state index in [1.807, 2.05) is 5.01 Å². The highest BCUT2D eigenvalue weighted by Crippen LogP contribution is 1.79. The van der Waals surface area contributed by atoms with Crippen LogP contribution in [-0.4, -0.2) is 31.2 Å². The van der Waals surface area contributed by atoms with Crippen molar-refractivity contribution in [2.24, 2.45) is 5.84 Å². The molecule has 0 aliphatic carbocycles. The molecule has 1 saturated heterocycles. The molecule has 1 fully saturated rings. The first kappa shape index (κ1) is 12.2. The molecule has 0 unspecified atom stereocenters. The first-order chi connectivity index (χ1) is 3.39. The SMILES string of the molecule is Cl.Cl.NN1CCNCC1. The fraction of sp³-hybridized carbons (Fsp3) is 1.00. The lowest BCUT2D eigenvalue weighted by Gasteiger charge is -2.21. The minimum Gasteiger partial charge on any atom is -0.314 e. The largest absolute Gasteiger partial charge is 0.314 e. The third-order valence-electron chi connectivity index (χ3n) is 1.15. The van der Waals surface area contributed by atoms with Gasteiger partial charge >= 0.3 is 0 Å². The van der Waals surface area contributed by atoms with Crippen LogP contribution >= 0.6 is 24.8 Å². The Morgan fingerprint density at radius 3 is 1.78 bits per heavy atom. The van der Waals surface area contributed by atoms with Crippen LogP contribution in [0.25, 0.3) is 0 Å². The molecule has 1 aliphatic heterocycles. The van der Waals surface area contributed by atoms with Gasteiger partial charge in [-0.1, -0.05) is 0 Å².